The van der Waals surface area contributed by atoms with Gasteiger partial charge in [-0.15, -0.1) is 0 Å². The molecular weight excluding hydrogens is 290 g/mol. The van der Waals surface area contributed by atoms with Crippen molar-refractivity contribution in [2.24, 2.45) is 0 Å². The molecule has 0 spiro atoms. The molecule has 4 heterocycles. The molecular formula is C17H23N5O. The van der Waals surface area contributed by atoms with Gasteiger partial charge >= 0.3 is 0 Å². The zero-order valence-corrected chi connectivity index (χ0v) is 13.3. The maximum Gasteiger partial charge on any atom is 0.160 e. The third kappa shape index (κ3) is 3.14. The normalized spacial score (nSPS) is 23.9. The van der Waals surface area contributed by atoms with Crippen molar-refractivity contribution in [2.45, 2.75) is 37.6 Å². The van der Waals surface area contributed by atoms with Gasteiger partial charge in [0.2, 0.25) is 0 Å². The average Bonchev–Trinajstić information content (AvgIpc) is 3.17. The number of hydrogen-bond donors (Lipinski definition) is 0. The van der Waals surface area contributed by atoms with Crippen molar-refractivity contribution in [1.29, 1.82) is 0 Å². The first kappa shape index (κ1) is 14.8. The highest BCUT2D eigenvalue weighted by molar-refractivity contribution is 5.31. The van der Waals surface area contributed by atoms with E-state index in [4.69, 9.17) is 4.74 Å². The molecule has 6 heteroatoms. The predicted molar refractivity (Wildman–Crippen MR) is 86.5 cm³/mol. The molecule has 23 heavy (non-hydrogen) atoms. The van der Waals surface area contributed by atoms with Crippen LogP contribution in [0.25, 0.3) is 5.82 Å². The summed E-state index contributed by atoms with van der Waals surface area (Å²) in [7, 11) is 0. The van der Waals surface area contributed by atoms with Gasteiger partial charge < -0.3 is 4.74 Å². The monoisotopic (exact) mass is 313 g/mol. The molecule has 2 aromatic heterocycles. The summed E-state index contributed by atoms with van der Waals surface area (Å²) in [5.41, 5.74) is 1.10. The lowest BCUT2D eigenvalue weighted by Gasteiger charge is -2.39. The SMILES string of the molecule is c1cn(-c2nccnc2C2CCCN(C3CCOCC3)C2)cn1. The minimum Gasteiger partial charge on any atom is -0.381 e. The fraction of sp³-hybridized carbons (Fsp3) is 0.588. The topological polar surface area (TPSA) is 56.1 Å². The minimum absolute atomic E-state index is 0.442. The van der Waals surface area contributed by atoms with E-state index in [1.807, 2.05) is 17.0 Å². The number of imidazole rings is 1. The highest BCUT2D eigenvalue weighted by Crippen LogP contribution is 2.31. The van der Waals surface area contributed by atoms with Crippen molar-refractivity contribution in [3.8, 4) is 5.82 Å². The van der Waals surface area contributed by atoms with E-state index in [0.717, 1.165) is 44.1 Å². The second kappa shape index (κ2) is 6.76. The standard InChI is InChI=1S/C17H23N5O/c1-2-14(12-21(8-1)15-3-10-23-11-4-15)16-17(20-6-5-19-16)22-9-7-18-13-22/h5-7,9,13-15H,1-4,8,10-12H2. The lowest BCUT2D eigenvalue weighted by molar-refractivity contribution is 0.0237. The van der Waals surface area contributed by atoms with Gasteiger partial charge in [-0.3, -0.25) is 14.5 Å². The first-order chi connectivity index (χ1) is 11.4. The van der Waals surface area contributed by atoms with E-state index in [0.29, 0.717) is 12.0 Å². The first-order valence-electron chi connectivity index (χ1n) is 8.53. The second-order valence-corrected chi connectivity index (χ2v) is 6.41. The molecule has 0 amide bonds. The number of likely N-dealkylation sites (tertiary alicyclic amines) is 1. The number of piperidine rings is 1. The van der Waals surface area contributed by atoms with Crippen molar-refractivity contribution in [1.82, 2.24) is 24.4 Å². The van der Waals surface area contributed by atoms with Crippen molar-refractivity contribution in [3.63, 3.8) is 0 Å². The fourth-order valence-corrected chi connectivity index (χ4v) is 3.82. The molecule has 0 bridgehead atoms. The van der Waals surface area contributed by atoms with Crippen LogP contribution in [0.4, 0.5) is 0 Å². The number of nitrogens with zero attached hydrogens (tertiary/aromatic N) is 5. The van der Waals surface area contributed by atoms with E-state index >= 15 is 0 Å². The summed E-state index contributed by atoms with van der Waals surface area (Å²) < 4.78 is 7.48. The molecule has 0 radical (unpaired) electrons. The molecule has 122 valence electrons. The van der Waals surface area contributed by atoms with Crippen molar-refractivity contribution in [2.75, 3.05) is 26.3 Å². The van der Waals surface area contributed by atoms with Gasteiger partial charge in [0, 0.05) is 56.5 Å². The Morgan fingerprint density at radius 3 is 2.74 bits per heavy atom. The zero-order chi connectivity index (χ0) is 15.5. The molecule has 2 aromatic rings. The lowest BCUT2D eigenvalue weighted by atomic mass is 9.92. The smallest absolute Gasteiger partial charge is 0.160 e. The molecule has 2 saturated heterocycles. The second-order valence-electron chi connectivity index (χ2n) is 6.41. The summed E-state index contributed by atoms with van der Waals surface area (Å²) in [6, 6.07) is 0.667. The third-order valence-corrected chi connectivity index (χ3v) is 5.00. The molecule has 0 N–H and O–H groups in total. The predicted octanol–water partition coefficient (Wildman–Crippen LogP) is 2.02. The van der Waals surface area contributed by atoms with Crippen LogP contribution >= 0.6 is 0 Å². The number of rotatable bonds is 3. The Hall–Kier alpha value is -1.79. The van der Waals surface area contributed by atoms with Crippen LogP contribution in [0.2, 0.25) is 0 Å². The number of ether oxygens (including phenoxy) is 1. The summed E-state index contributed by atoms with van der Waals surface area (Å²) >= 11 is 0. The largest absolute Gasteiger partial charge is 0.381 e. The van der Waals surface area contributed by atoms with Gasteiger partial charge in [-0.2, -0.15) is 0 Å². The summed E-state index contributed by atoms with van der Waals surface area (Å²) in [6.07, 6.45) is 13.8. The minimum atomic E-state index is 0.442. The molecule has 0 aromatic carbocycles. The van der Waals surface area contributed by atoms with Gasteiger partial charge in [-0.25, -0.2) is 9.97 Å². The number of aromatic nitrogens is 4. The molecule has 2 aliphatic heterocycles. The van der Waals surface area contributed by atoms with Gasteiger partial charge in [0.15, 0.2) is 5.82 Å². The Balaban J connectivity index is 1.56. The van der Waals surface area contributed by atoms with Gasteiger partial charge in [0.25, 0.3) is 0 Å². The van der Waals surface area contributed by atoms with Gasteiger partial charge in [-0.1, -0.05) is 0 Å². The average molecular weight is 313 g/mol. The van der Waals surface area contributed by atoms with Crippen LogP contribution in [-0.2, 0) is 4.74 Å². The van der Waals surface area contributed by atoms with Crippen LogP contribution in [-0.4, -0.2) is 56.8 Å². The summed E-state index contributed by atoms with van der Waals surface area (Å²) in [4.78, 5) is 16.0. The Morgan fingerprint density at radius 1 is 1.04 bits per heavy atom. The Kier molecular flexibility index (Phi) is 4.35. The molecule has 1 unspecified atom stereocenters. The van der Waals surface area contributed by atoms with Crippen LogP contribution in [0.3, 0.4) is 0 Å². The molecule has 6 nitrogen and oxygen atoms in total. The van der Waals surface area contributed by atoms with Crippen LogP contribution in [0.1, 0.15) is 37.3 Å². The summed E-state index contributed by atoms with van der Waals surface area (Å²) in [5.74, 6) is 1.36. The van der Waals surface area contributed by atoms with E-state index in [1.165, 1.54) is 19.4 Å². The first-order valence-corrected chi connectivity index (χ1v) is 8.53. The van der Waals surface area contributed by atoms with E-state index in [2.05, 4.69) is 19.9 Å². The van der Waals surface area contributed by atoms with Crippen molar-refractivity contribution >= 4 is 0 Å². The van der Waals surface area contributed by atoms with Crippen molar-refractivity contribution in [3.05, 3.63) is 36.8 Å². The van der Waals surface area contributed by atoms with Crippen LogP contribution in [0.5, 0.6) is 0 Å². The molecule has 2 aliphatic rings. The summed E-state index contributed by atoms with van der Waals surface area (Å²) in [6.45, 7) is 4.07. The number of hydrogen-bond acceptors (Lipinski definition) is 5. The maximum atomic E-state index is 5.51. The summed E-state index contributed by atoms with van der Waals surface area (Å²) in [5, 5.41) is 0. The van der Waals surface area contributed by atoms with Crippen LogP contribution in [0, 0.1) is 0 Å². The molecule has 2 fully saturated rings. The van der Waals surface area contributed by atoms with Gasteiger partial charge in [-0.05, 0) is 32.2 Å². The Bertz CT molecular complexity index is 624. The third-order valence-electron chi connectivity index (χ3n) is 5.00. The van der Waals surface area contributed by atoms with E-state index in [-0.39, 0.29) is 0 Å². The van der Waals surface area contributed by atoms with Gasteiger partial charge in [0.05, 0.1) is 5.69 Å². The lowest BCUT2D eigenvalue weighted by Crippen LogP contribution is -2.44. The fourth-order valence-electron chi connectivity index (χ4n) is 3.82. The van der Waals surface area contributed by atoms with E-state index in [9.17, 15) is 0 Å². The molecule has 1 atom stereocenters. The van der Waals surface area contributed by atoms with E-state index in [1.54, 1.807) is 18.7 Å². The van der Waals surface area contributed by atoms with Crippen LogP contribution in [0.15, 0.2) is 31.1 Å². The quantitative estimate of drug-likeness (QED) is 0.868. The van der Waals surface area contributed by atoms with E-state index < -0.39 is 0 Å². The Labute approximate surface area is 136 Å². The molecule has 0 saturated carbocycles. The maximum absolute atomic E-state index is 5.51. The van der Waals surface area contributed by atoms with Crippen molar-refractivity contribution < 1.29 is 4.74 Å². The van der Waals surface area contributed by atoms with Gasteiger partial charge in [0.1, 0.15) is 6.33 Å². The molecule has 4 rings (SSSR count). The zero-order valence-electron chi connectivity index (χ0n) is 13.3. The Morgan fingerprint density at radius 2 is 1.91 bits per heavy atom. The highest BCUT2D eigenvalue weighted by atomic mass is 16.5. The highest BCUT2D eigenvalue weighted by Gasteiger charge is 2.30. The van der Waals surface area contributed by atoms with Crippen LogP contribution < -0.4 is 0 Å². The molecule has 0 aliphatic carbocycles.